The Labute approximate surface area is 101 Å². The normalized spacial score (nSPS) is 19.8. The van der Waals surface area contributed by atoms with E-state index in [9.17, 15) is 0 Å². The van der Waals surface area contributed by atoms with E-state index in [0.29, 0.717) is 5.88 Å². The summed E-state index contributed by atoms with van der Waals surface area (Å²) < 4.78 is 5.69. The quantitative estimate of drug-likeness (QED) is 0.743. The van der Waals surface area contributed by atoms with Crippen molar-refractivity contribution in [1.82, 2.24) is 4.98 Å². The Bertz CT molecular complexity index is 368. The first-order valence-electron chi connectivity index (χ1n) is 5.50. The van der Waals surface area contributed by atoms with Crippen molar-refractivity contribution in [2.24, 2.45) is 0 Å². The molecule has 0 amide bonds. The van der Waals surface area contributed by atoms with Gasteiger partial charge < -0.3 is 9.64 Å². The van der Waals surface area contributed by atoms with Crippen LogP contribution in [0.1, 0.15) is 19.5 Å². The summed E-state index contributed by atoms with van der Waals surface area (Å²) in [5, 5.41) is 0. The van der Waals surface area contributed by atoms with Gasteiger partial charge >= 0.3 is 0 Å². The third kappa shape index (κ3) is 2.66. The van der Waals surface area contributed by atoms with Gasteiger partial charge in [-0.25, -0.2) is 0 Å². The van der Waals surface area contributed by atoms with E-state index in [1.54, 1.807) is 0 Å². The van der Waals surface area contributed by atoms with Gasteiger partial charge in [-0.2, -0.15) is 0 Å². The molecule has 0 aliphatic carbocycles. The van der Waals surface area contributed by atoms with E-state index in [1.807, 2.05) is 12.3 Å². The smallest absolute Gasteiger partial charge is 0.0801 e. The molecule has 1 aromatic rings. The molecule has 88 valence electrons. The Morgan fingerprint density at radius 2 is 2.38 bits per heavy atom. The molecule has 1 aromatic heterocycles. The Morgan fingerprint density at radius 1 is 1.56 bits per heavy atom. The van der Waals surface area contributed by atoms with Crippen LogP contribution in [0.15, 0.2) is 18.3 Å². The molecule has 2 rings (SSSR count). The maximum atomic E-state index is 5.79. The molecule has 16 heavy (non-hydrogen) atoms. The highest BCUT2D eigenvalue weighted by molar-refractivity contribution is 6.16. The summed E-state index contributed by atoms with van der Waals surface area (Å²) in [6.07, 6.45) is 1.81. The van der Waals surface area contributed by atoms with Gasteiger partial charge in [-0.15, -0.1) is 11.6 Å². The molecular weight excluding hydrogens is 224 g/mol. The molecule has 0 radical (unpaired) electrons. The highest BCUT2D eigenvalue weighted by Gasteiger charge is 2.27. The molecule has 0 saturated carbocycles. The van der Waals surface area contributed by atoms with Crippen LogP contribution in [-0.4, -0.2) is 30.3 Å². The molecule has 1 saturated heterocycles. The summed E-state index contributed by atoms with van der Waals surface area (Å²) in [5.41, 5.74) is 2.02. The molecular formula is C12H17ClN2O. The monoisotopic (exact) mass is 240 g/mol. The number of rotatable bonds is 2. The zero-order chi connectivity index (χ0) is 11.6. The predicted molar refractivity (Wildman–Crippen MR) is 66.0 cm³/mol. The lowest BCUT2D eigenvalue weighted by Gasteiger charge is -2.39. The number of pyridine rings is 1. The number of morpholine rings is 1. The topological polar surface area (TPSA) is 25.4 Å². The standard InChI is InChI=1S/C12H17ClN2O/c1-12(2)9-15(5-6-16-12)11-3-4-14-10(7-11)8-13/h3-4,7H,5-6,8-9H2,1-2H3. The SMILES string of the molecule is CC1(C)CN(c2ccnc(CCl)c2)CCO1. The van der Waals surface area contributed by atoms with Gasteiger partial charge in [0.15, 0.2) is 0 Å². The molecule has 0 atom stereocenters. The Kier molecular flexibility index (Phi) is 3.36. The summed E-state index contributed by atoms with van der Waals surface area (Å²) >= 11 is 5.79. The minimum Gasteiger partial charge on any atom is -0.372 e. The molecule has 1 aliphatic rings. The number of hydrogen-bond donors (Lipinski definition) is 0. The van der Waals surface area contributed by atoms with Gasteiger partial charge in [0.2, 0.25) is 0 Å². The molecule has 1 fully saturated rings. The van der Waals surface area contributed by atoms with Crippen molar-refractivity contribution >= 4 is 17.3 Å². The summed E-state index contributed by atoms with van der Waals surface area (Å²) in [6, 6.07) is 4.08. The average Bonchev–Trinajstić information content (AvgIpc) is 2.28. The average molecular weight is 241 g/mol. The highest BCUT2D eigenvalue weighted by Crippen LogP contribution is 2.23. The van der Waals surface area contributed by atoms with Crippen molar-refractivity contribution in [3.63, 3.8) is 0 Å². The molecule has 0 bridgehead atoms. The van der Waals surface area contributed by atoms with E-state index < -0.39 is 0 Å². The van der Waals surface area contributed by atoms with Crippen LogP contribution in [0.4, 0.5) is 5.69 Å². The Balaban J connectivity index is 2.16. The lowest BCUT2D eigenvalue weighted by Crippen LogP contribution is -2.48. The van der Waals surface area contributed by atoms with Gasteiger partial charge in [-0.1, -0.05) is 0 Å². The van der Waals surface area contributed by atoms with Gasteiger partial charge in [-0.05, 0) is 26.0 Å². The fraction of sp³-hybridized carbons (Fsp3) is 0.583. The van der Waals surface area contributed by atoms with Crippen LogP contribution in [0.3, 0.4) is 0 Å². The zero-order valence-electron chi connectivity index (χ0n) is 9.74. The summed E-state index contributed by atoms with van der Waals surface area (Å²) in [7, 11) is 0. The fourth-order valence-electron chi connectivity index (χ4n) is 1.97. The summed E-state index contributed by atoms with van der Waals surface area (Å²) in [6.45, 7) is 6.82. The van der Waals surface area contributed by atoms with Crippen LogP contribution in [0, 0.1) is 0 Å². The first-order valence-corrected chi connectivity index (χ1v) is 6.04. The Morgan fingerprint density at radius 3 is 3.06 bits per heavy atom. The lowest BCUT2D eigenvalue weighted by atomic mass is 10.1. The molecule has 1 aliphatic heterocycles. The minimum absolute atomic E-state index is 0.0807. The largest absolute Gasteiger partial charge is 0.372 e. The molecule has 0 spiro atoms. The molecule has 0 aromatic carbocycles. The second-order valence-electron chi connectivity index (χ2n) is 4.67. The molecule has 4 heteroatoms. The number of aromatic nitrogens is 1. The summed E-state index contributed by atoms with van der Waals surface area (Å²) in [4.78, 5) is 6.52. The number of anilines is 1. The second-order valence-corrected chi connectivity index (χ2v) is 4.94. The van der Waals surface area contributed by atoms with E-state index in [2.05, 4.69) is 29.8 Å². The maximum absolute atomic E-state index is 5.79. The van der Waals surface area contributed by atoms with Crippen LogP contribution in [-0.2, 0) is 10.6 Å². The zero-order valence-corrected chi connectivity index (χ0v) is 10.5. The molecule has 3 nitrogen and oxygen atoms in total. The number of halogens is 1. The van der Waals surface area contributed by atoms with Gasteiger partial charge in [0, 0.05) is 25.0 Å². The lowest BCUT2D eigenvalue weighted by molar-refractivity contribution is -0.0277. The number of hydrogen-bond acceptors (Lipinski definition) is 3. The van der Waals surface area contributed by atoms with Crippen LogP contribution >= 0.6 is 11.6 Å². The number of nitrogens with zero attached hydrogens (tertiary/aromatic N) is 2. The summed E-state index contributed by atoms with van der Waals surface area (Å²) in [5.74, 6) is 0.460. The Hall–Kier alpha value is -0.800. The van der Waals surface area contributed by atoms with Crippen molar-refractivity contribution < 1.29 is 4.74 Å². The highest BCUT2D eigenvalue weighted by atomic mass is 35.5. The van der Waals surface area contributed by atoms with Crippen LogP contribution in [0.2, 0.25) is 0 Å². The van der Waals surface area contributed by atoms with Gasteiger partial charge in [0.25, 0.3) is 0 Å². The first-order chi connectivity index (χ1) is 7.61. The van der Waals surface area contributed by atoms with E-state index in [0.717, 1.165) is 25.4 Å². The fourth-order valence-corrected chi connectivity index (χ4v) is 2.12. The number of alkyl halides is 1. The first kappa shape index (κ1) is 11.7. The van der Waals surface area contributed by atoms with E-state index in [1.165, 1.54) is 5.69 Å². The second kappa shape index (κ2) is 4.60. The minimum atomic E-state index is -0.0807. The predicted octanol–water partition coefficient (Wildman–Crippen LogP) is 2.44. The van der Waals surface area contributed by atoms with E-state index in [-0.39, 0.29) is 5.60 Å². The third-order valence-electron chi connectivity index (χ3n) is 2.73. The van der Waals surface area contributed by atoms with Crippen LogP contribution in [0.5, 0.6) is 0 Å². The van der Waals surface area contributed by atoms with Crippen molar-refractivity contribution in [2.75, 3.05) is 24.6 Å². The van der Waals surface area contributed by atoms with Crippen LogP contribution < -0.4 is 4.90 Å². The molecule has 0 N–H and O–H groups in total. The molecule has 0 unspecified atom stereocenters. The maximum Gasteiger partial charge on any atom is 0.0801 e. The number of ether oxygens (including phenoxy) is 1. The van der Waals surface area contributed by atoms with Crippen molar-refractivity contribution in [3.05, 3.63) is 24.0 Å². The third-order valence-corrected chi connectivity index (χ3v) is 3.00. The van der Waals surface area contributed by atoms with Gasteiger partial charge in [-0.3, -0.25) is 4.98 Å². The van der Waals surface area contributed by atoms with E-state index >= 15 is 0 Å². The van der Waals surface area contributed by atoms with E-state index in [4.69, 9.17) is 16.3 Å². The van der Waals surface area contributed by atoms with Crippen molar-refractivity contribution in [3.8, 4) is 0 Å². The van der Waals surface area contributed by atoms with Crippen molar-refractivity contribution in [1.29, 1.82) is 0 Å². The van der Waals surface area contributed by atoms with Crippen molar-refractivity contribution in [2.45, 2.75) is 25.3 Å². The van der Waals surface area contributed by atoms with Gasteiger partial charge in [0.05, 0.1) is 23.8 Å². The molecule has 2 heterocycles. The van der Waals surface area contributed by atoms with Gasteiger partial charge in [0.1, 0.15) is 0 Å². The van der Waals surface area contributed by atoms with Crippen LogP contribution in [0.25, 0.3) is 0 Å².